The minimum absolute atomic E-state index is 0. The van der Waals surface area contributed by atoms with E-state index < -0.39 is 0 Å². The van der Waals surface area contributed by atoms with Crippen LogP contribution < -0.4 is 0 Å². The first-order chi connectivity index (χ1) is 14.7. The molecule has 1 heterocycles. The average molecular weight is 456 g/mol. The van der Waals surface area contributed by atoms with Crippen LogP contribution in [0.2, 0.25) is 10.0 Å². The zero-order valence-corrected chi connectivity index (χ0v) is 18.4. The molecule has 1 atom stereocenters. The Morgan fingerprint density at radius 3 is 2.43 bits per heavy atom. The maximum atomic E-state index is 6.45. The predicted octanol–water partition coefficient (Wildman–Crippen LogP) is 7.41. The summed E-state index contributed by atoms with van der Waals surface area (Å²) in [5.74, 6) is 0. The Hall–Kier alpha value is -2.24. The molecule has 1 aromatic heterocycles. The van der Waals surface area contributed by atoms with Crippen LogP contribution in [0.4, 0.5) is 0 Å². The van der Waals surface area contributed by atoms with Crippen molar-refractivity contribution in [1.82, 2.24) is 9.55 Å². The zero-order chi connectivity index (χ0) is 20.8. The Morgan fingerprint density at radius 1 is 0.967 bits per heavy atom. The normalized spacial score (nSPS) is 12.1. The molecule has 0 spiro atoms. The average Bonchev–Trinajstić information content (AvgIpc) is 3.26. The highest BCUT2D eigenvalue weighted by atomic mass is 35.5. The monoisotopic (exact) mass is 455 g/mol. The van der Waals surface area contributed by atoms with Gasteiger partial charge in [0.25, 0.3) is 0 Å². The molecule has 0 aliphatic heterocycles. The fourth-order valence-corrected chi connectivity index (χ4v) is 4.43. The molecule has 0 bridgehead atoms. The number of aromatic nitrogens is 2. The topological polar surface area (TPSA) is 27.1 Å². The molecular formula is C24H21Cl2N2OS+. The summed E-state index contributed by atoms with van der Waals surface area (Å²) in [7, 11) is 0. The maximum absolute atomic E-state index is 6.45. The van der Waals surface area contributed by atoms with Crippen molar-refractivity contribution in [1.29, 1.82) is 0 Å². The van der Waals surface area contributed by atoms with Gasteiger partial charge in [-0.25, -0.2) is 4.98 Å². The van der Waals surface area contributed by atoms with Crippen molar-refractivity contribution in [3.63, 3.8) is 0 Å². The SMILES string of the molecule is Clc1ccc([C@H](Cn2ccnc2)OCc2ccc(Sc3ccccc3)cc2)c(Cl)c1.[H+]. The quantitative estimate of drug-likeness (QED) is 0.276. The van der Waals surface area contributed by atoms with E-state index in [1.807, 2.05) is 41.1 Å². The van der Waals surface area contributed by atoms with Gasteiger partial charge in [0.15, 0.2) is 0 Å². The molecule has 0 radical (unpaired) electrons. The van der Waals surface area contributed by atoms with Crippen LogP contribution in [0.3, 0.4) is 0 Å². The summed E-state index contributed by atoms with van der Waals surface area (Å²) in [4.78, 5) is 6.54. The van der Waals surface area contributed by atoms with Crippen LogP contribution in [0.5, 0.6) is 0 Å². The van der Waals surface area contributed by atoms with Gasteiger partial charge in [0, 0.05) is 37.8 Å². The van der Waals surface area contributed by atoms with Crippen molar-refractivity contribution in [3.8, 4) is 0 Å². The molecule has 0 unspecified atom stereocenters. The molecule has 3 aromatic carbocycles. The van der Waals surface area contributed by atoms with Crippen LogP contribution in [0, 0.1) is 0 Å². The molecule has 0 saturated heterocycles. The molecule has 6 heteroatoms. The molecule has 152 valence electrons. The van der Waals surface area contributed by atoms with Gasteiger partial charge in [-0.05, 0) is 42.0 Å². The molecule has 4 aromatic rings. The Morgan fingerprint density at radius 2 is 1.73 bits per heavy atom. The molecule has 4 rings (SSSR count). The highest BCUT2D eigenvalue weighted by Crippen LogP contribution is 2.31. The fourth-order valence-electron chi connectivity index (χ4n) is 3.06. The first kappa shape index (κ1) is 21.0. The van der Waals surface area contributed by atoms with E-state index >= 15 is 0 Å². The van der Waals surface area contributed by atoms with Crippen LogP contribution in [0.1, 0.15) is 18.7 Å². The van der Waals surface area contributed by atoms with E-state index in [4.69, 9.17) is 27.9 Å². The number of rotatable bonds is 8. The van der Waals surface area contributed by atoms with Gasteiger partial charge in [0.05, 0.1) is 19.5 Å². The Balaban J connectivity index is 0.00000272. The summed E-state index contributed by atoms with van der Waals surface area (Å²) in [6.07, 6.45) is 5.22. The summed E-state index contributed by atoms with van der Waals surface area (Å²) in [5.41, 5.74) is 2.01. The lowest BCUT2D eigenvalue weighted by molar-refractivity contribution is 0.0280. The Bertz CT molecular complexity index is 1080. The van der Waals surface area contributed by atoms with Crippen LogP contribution in [-0.2, 0) is 17.9 Å². The largest absolute Gasteiger partial charge is 1.00 e. The van der Waals surface area contributed by atoms with Gasteiger partial charge in [0.1, 0.15) is 6.10 Å². The Kier molecular flexibility index (Phi) is 7.13. The van der Waals surface area contributed by atoms with Crippen molar-refractivity contribution in [2.45, 2.75) is 29.0 Å². The van der Waals surface area contributed by atoms with E-state index in [2.05, 4.69) is 41.4 Å². The minimum Gasteiger partial charge on any atom is -0.367 e. The molecule has 0 saturated carbocycles. The molecule has 0 N–H and O–H groups in total. The first-order valence-electron chi connectivity index (χ1n) is 9.51. The van der Waals surface area contributed by atoms with Crippen molar-refractivity contribution in [2.24, 2.45) is 0 Å². The molecule has 0 aliphatic rings. The van der Waals surface area contributed by atoms with Crippen LogP contribution in [0.25, 0.3) is 0 Å². The van der Waals surface area contributed by atoms with Crippen molar-refractivity contribution < 1.29 is 6.16 Å². The predicted molar refractivity (Wildman–Crippen MR) is 124 cm³/mol. The van der Waals surface area contributed by atoms with Crippen LogP contribution >= 0.6 is 35.0 Å². The van der Waals surface area contributed by atoms with E-state index in [1.165, 1.54) is 9.79 Å². The van der Waals surface area contributed by atoms with Crippen molar-refractivity contribution in [2.75, 3.05) is 0 Å². The molecule has 3 nitrogen and oxygen atoms in total. The van der Waals surface area contributed by atoms with Crippen LogP contribution in [0.15, 0.2) is 101 Å². The number of imidazole rings is 1. The smallest absolute Gasteiger partial charge is 0.367 e. The highest BCUT2D eigenvalue weighted by molar-refractivity contribution is 7.99. The first-order valence-corrected chi connectivity index (χ1v) is 11.1. The lowest BCUT2D eigenvalue weighted by Gasteiger charge is -2.20. The Labute approximate surface area is 192 Å². The zero-order valence-electron chi connectivity index (χ0n) is 17.1. The second-order valence-corrected chi connectivity index (χ2v) is 8.77. The number of hydrogen-bond donors (Lipinski definition) is 0. The van der Waals surface area contributed by atoms with Gasteiger partial charge in [-0.2, -0.15) is 0 Å². The molecule has 0 amide bonds. The second kappa shape index (κ2) is 10.2. The number of nitrogens with zero attached hydrogens (tertiary/aromatic N) is 2. The standard InChI is InChI=1S/C24H20Cl2N2OS/c25-19-8-11-22(23(26)14-19)24(15-28-13-12-27-17-28)29-16-18-6-9-21(10-7-18)30-20-4-2-1-3-5-20/h1-14,17,24H,15-16H2/p+1/t24-/m0/s1. The van der Waals surface area contributed by atoms with E-state index in [0.717, 1.165) is 11.1 Å². The lowest BCUT2D eigenvalue weighted by atomic mass is 10.1. The number of halogens is 2. The van der Waals surface area contributed by atoms with E-state index in [9.17, 15) is 0 Å². The highest BCUT2D eigenvalue weighted by Gasteiger charge is 2.17. The molecule has 0 fully saturated rings. The van der Waals surface area contributed by atoms with Gasteiger partial charge in [-0.15, -0.1) is 0 Å². The summed E-state index contributed by atoms with van der Waals surface area (Å²) in [6.45, 7) is 1.10. The van der Waals surface area contributed by atoms with Gasteiger partial charge in [-0.1, -0.05) is 71.4 Å². The molecule has 30 heavy (non-hydrogen) atoms. The maximum Gasteiger partial charge on any atom is 1.00 e. The van der Waals surface area contributed by atoms with Gasteiger partial charge >= 0.3 is 1.43 Å². The molecule has 0 aliphatic carbocycles. The third kappa shape index (κ3) is 5.67. The van der Waals surface area contributed by atoms with E-state index in [0.29, 0.717) is 23.2 Å². The molecular weight excluding hydrogens is 435 g/mol. The van der Waals surface area contributed by atoms with Gasteiger partial charge in [0.2, 0.25) is 0 Å². The number of ether oxygens (including phenoxy) is 1. The summed E-state index contributed by atoms with van der Waals surface area (Å²) >= 11 is 14.3. The van der Waals surface area contributed by atoms with Crippen molar-refractivity contribution in [3.05, 3.63) is 113 Å². The van der Waals surface area contributed by atoms with Crippen LogP contribution in [-0.4, -0.2) is 9.55 Å². The third-order valence-electron chi connectivity index (χ3n) is 4.60. The van der Waals surface area contributed by atoms with E-state index in [1.54, 1.807) is 30.4 Å². The summed E-state index contributed by atoms with van der Waals surface area (Å²) < 4.78 is 8.26. The minimum atomic E-state index is -0.220. The third-order valence-corrected chi connectivity index (χ3v) is 6.18. The second-order valence-electron chi connectivity index (χ2n) is 6.78. The van der Waals surface area contributed by atoms with Gasteiger partial charge < -0.3 is 9.30 Å². The van der Waals surface area contributed by atoms with Gasteiger partial charge in [-0.3, -0.25) is 0 Å². The fraction of sp³-hybridized carbons (Fsp3) is 0.125. The van der Waals surface area contributed by atoms with E-state index in [-0.39, 0.29) is 7.53 Å². The summed E-state index contributed by atoms with van der Waals surface area (Å²) in [6, 6.07) is 24.3. The number of hydrogen-bond acceptors (Lipinski definition) is 3. The van der Waals surface area contributed by atoms with Crippen molar-refractivity contribution >= 4 is 35.0 Å². The lowest BCUT2D eigenvalue weighted by Crippen LogP contribution is -2.12. The number of benzene rings is 3. The summed E-state index contributed by atoms with van der Waals surface area (Å²) in [5, 5.41) is 1.21.